The first-order chi connectivity index (χ1) is 13.4. The van der Waals surface area contributed by atoms with Crippen LogP contribution in [0.3, 0.4) is 0 Å². The predicted octanol–water partition coefficient (Wildman–Crippen LogP) is 2.95. The fourth-order valence-electron chi connectivity index (χ4n) is 3.91. The Morgan fingerprint density at radius 1 is 1.04 bits per heavy atom. The Labute approximate surface area is 161 Å². The quantitative estimate of drug-likeness (QED) is 0.478. The number of anilines is 1. The third-order valence-electron chi connectivity index (χ3n) is 5.42. The molecule has 1 saturated carbocycles. The van der Waals surface area contributed by atoms with Crippen molar-refractivity contribution in [3.8, 4) is 0 Å². The van der Waals surface area contributed by atoms with Gasteiger partial charge in [0, 0.05) is 25.6 Å². The number of rotatable bonds is 9. The number of aromatic nitrogens is 2. The smallest absolute Gasteiger partial charge is 0.297 e. The molecule has 0 saturated heterocycles. The molecule has 1 aliphatic carbocycles. The van der Waals surface area contributed by atoms with Gasteiger partial charge in [-0.1, -0.05) is 37.8 Å². The highest BCUT2D eigenvalue weighted by atomic mass is 19.3. The molecule has 0 N–H and O–H groups in total. The number of hydrogen-bond donors (Lipinski definition) is 0. The van der Waals surface area contributed by atoms with Gasteiger partial charge in [-0.25, -0.2) is 4.79 Å². The molecule has 3 rings (SSSR count). The number of hydrogen-bond acceptors (Lipinski definition) is 4. The molecule has 0 bridgehead atoms. The van der Waals surface area contributed by atoms with Crippen molar-refractivity contribution in [1.29, 1.82) is 0 Å². The third kappa shape index (κ3) is 3.72. The molecule has 1 fully saturated rings. The van der Waals surface area contributed by atoms with Crippen LogP contribution in [-0.4, -0.2) is 27.5 Å². The molecule has 1 atom stereocenters. The summed E-state index contributed by atoms with van der Waals surface area (Å²) in [4.78, 5) is 39.1. The molecule has 0 amide bonds. The first kappa shape index (κ1) is 20.2. The normalized spacial score (nSPS) is 19.0. The molecule has 0 aromatic carbocycles. The Morgan fingerprint density at radius 3 is 2.25 bits per heavy atom. The van der Waals surface area contributed by atoms with Crippen molar-refractivity contribution in [3.63, 3.8) is 0 Å². The largest absolute Gasteiger partial charge is 0.333 e. The lowest BCUT2D eigenvalue weighted by molar-refractivity contribution is 0.0898. The first-order valence-electron chi connectivity index (χ1n) is 9.59. The second-order valence-electron chi connectivity index (χ2n) is 7.43. The molecule has 2 heterocycles. The summed E-state index contributed by atoms with van der Waals surface area (Å²) < 4.78 is 30.0. The van der Waals surface area contributed by atoms with E-state index < -0.39 is 29.6 Å². The Kier molecular flexibility index (Phi) is 5.96. The fraction of sp³-hybridized carbons (Fsp3) is 0.550. The van der Waals surface area contributed by atoms with E-state index in [0.29, 0.717) is 12.3 Å². The van der Waals surface area contributed by atoms with Gasteiger partial charge < -0.3 is 0 Å². The van der Waals surface area contributed by atoms with Crippen LogP contribution >= 0.6 is 0 Å². The standard InChI is InChI=1S/C20H25F2N3O3/c1-3-10-23-17-16(18(27)24(11-4-2)20(23)28)15(26)12-14(25(17)19(21)22)7-5-6-13-8-9-13/h3-4,13-14,19H,1-2,5-12H2. The third-order valence-corrected chi connectivity index (χ3v) is 5.42. The van der Waals surface area contributed by atoms with E-state index in [2.05, 4.69) is 13.2 Å². The minimum atomic E-state index is -2.93. The number of alkyl halides is 2. The van der Waals surface area contributed by atoms with Crippen molar-refractivity contribution < 1.29 is 13.6 Å². The summed E-state index contributed by atoms with van der Waals surface area (Å²) in [5.74, 6) is -0.113. The molecular formula is C20H25F2N3O3. The number of allylic oxidation sites excluding steroid dienone is 2. The molecule has 2 aliphatic rings. The van der Waals surface area contributed by atoms with E-state index in [1.54, 1.807) is 0 Å². The zero-order valence-electron chi connectivity index (χ0n) is 15.8. The minimum Gasteiger partial charge on any atom is -0.297 e. The maximum absolute atomic E-state index is 14.1. The lowest BCUT2D eigenvalue weighted by atomic mass is 9.94. The van der Waals surface area contributed by atoms with E-state index in [1.807, 2.05) is 0 Å². The van der Waals surface area contributed by atoms with Crippen LogP contribution in [-0.2, 0) is 13.1 Å². The summed E-state index contributed by atoms with van der Waals surface area (Å²) in [6.07, 6.45) is 7.04. The summed E-state index contributed by atoms with van der Waals surface area (Å²) in [6, 6.07) is -0.733. The zero-order valence-corrected chi connectivity index (χ0v) is 15.8. The van der Waals surface area contributed by atoms with E-state index in [9.17, 15) is 23.2 Å². The molecule has 1 aliphatic heterocycles. The molecule has 1 aromatic rings. The summed E-state index contributed by atoms with van der Waals surface area (Å²) in [5.41, 5.74) is -1.94. The van der Waals surface area contributed by atoms with Gasteiger partial charge in [-0.05, 0) is 12.3 Å². The van der Waals surface area contributed by atoms with Crippen LogP contribution in [0.2, 0.25) is 0 Å². The lowest BCUT2D eigenvalue weighted by Crippen LogP contribution is -2.53. The second-order valence-corrected chi connectivity index (χ2v) is 7.43. The number of nitrogens with zero attached hydrogens (tertiary/aromatic N) is 3. The minimum absolute atomic E-state index is 0.0795. The molecule has 8 heteroatoms. The highest BCUT2D eigenvalue weighted by Gasteiger charge is 2.40. The van der Waals surface area contributed by atoms with Crippen LogP contribution in [0.1, 0.15) is 48.9 Å². The number of carbonyl (C=O) groups excluding carboxylic acids is 1. The van der Waals surface area contributed by atoms with Crippen molar-refractivity contribution in [1.82, 2.24) is 9.13 Å². The van der Waals surface area contributed by atoms with E-state index in [0.717, 1.165) is 26.9 Å². The van der Waals surface area contributed by atoms with Crippen molar-refractivity contribution >= 4 is 11.6 Å². The Balaban J connectivity index is 2.12. The Bertz CT molecular complexity index is 899. The zero-order chi connectivity index (χ0) is 20.4. The summed E-state index contributed by atoms with van der Waals surface area (Å²) in [5, 5.41) is 0. The van der Waals surface area contributed by atoms with E-state index >= 15 is 0 Å². The number of halogens is 2. The van der Waals surface area contributed by atoms with Gasteiger partial charge in [-0.15, -0.1) is 13.2 Å². The fourth-order valence-corrected chi connectivity index (χ4v) is 3.91. The molecule has 1 aromatic heterocycles. The average Bonchev–Trinajstić information content (AvgIpc) is 3.45. The molecule has 152 valence electrons. The van der Waals surface area contributed by atoms with Gasteiger partial charge in [-0.3, -0.25) is 23.6 Å². The lowest BCUT2D eigenvalue weighted by Gasteiger charge is -2.38. The van der Waals surface area contributed by atoms with Gasteiger partial charge in [-0.2, -0.15) is 8.78 Å². The molecule has 28 heavy (non-hydrogen) atoms. The van der Waals surface area contributed by atoms with Crippen LogP contribution in [0.15, 0.2) is 34.9 Å². The molecular weight excluding hydrogens is 368 g/mol. The number of fused-ring (bicyclic) bond motifs is 1. The van der Waals surface area contributed by atoms with Crippen LogP contribution in [0.5, 0.6) is 0 Å². The van der Waals surface area contributed by atoms with Crippen molar-refractivity contribution in [2.24, 2.45) is 5.92 Å². The molecule has 0 radical (unpaired) electrons. The van der Waals surface area contributed by atoms with Crippen molar-refractivity contribution in [2.75, 3.05) is 4.90 Å². The monoisotopic (exact) mass is 393 g/mol. The van der Waals surface area contributed by atoms with Crippen molar-refractivity contribution in [2.45, 2.75) is 64.2 Å². The van der Waals surface area contributed by atoms with E-state index in [-0.39, 0.29) is 30.9 Å². The second kappa shape index (κ2) is 8.24. The number of Topliss-reactive ketones (excluding diaryl/α,β-unsaturated/α-hetero) is 1. The van der Waals surface area contributed by atoms with Gasteiger partial charge >= 0.3 is 12.2 Å². The topological polar surface area (TPSA) is 64.3 Å². The number of ketones is 1. The van der Waals surface area contributed by atoms with Gasteiger partial charge in [0.25, 0.3) is 5.56 Å². The maximum atomic E-state index is 14.1. The molecule has 6 nitrogen and oxygen atoms in total. The van der Waals surface area contributed by atoms with E-state index in [4.69, 9.17) is 0 Å². The maximum Gasteiger partial charge on any atom is 0.333 e. The molecule has 0 spiro atoms. The Morgan fingerprint density at radius 2 is 1.68 bits per heavy atom. The van der Waals surface area contributed by atoms with E-state index in [1.165, 1.54) is 25.0 Å². The van der Waals surface area contributed by atoms with Gasteiger partial charge in [0.2, 0.25) is 0 Å². The van der Waals surface area contributed by atoms with Crippen LogP contribution in [0.4, 0.5) is 14.6 Å². The highest BCUT2D eigenvalue weighted by Crippen LogP contribution is 2.37. The van der Waals surface area contributed by atoms with Gasteiger partial charge in [0.15, 0.2) is 5.78 Å². The highest BCUT2D eigenvalue weighted by molar-refractivity contribution is 6.02. The van der Waals surface area contributed by atoms with Crippen LogP contribution in [0.25, 0.3) is 0 Å². The van der Waals surface area contributed by atoms with Crippen LogP contribution < -0.4 is 16.1 Å². The predicted molar refractivity (Wildman–Crippen MR) is 103 cm³/mol. The van der Waals surface area contributed by atoms with Gasteiger partial charge in [0.1, 0.15) is 11.4 Å². The summed E-state index contributed by atoms with van der Waals surface area (Å²) in [6.45, 7) is 3.97. The summed E-state index contributed by atoms with van der Waals surface area (Å²) >= 11 is 0. The SMILES string of the molecule is C=CCn1c2c(c(=O)n(CC=C)c1=O)C(=O)CC(CCCC1CC1)N2C(F)F. The average molecular weight is 393 g/mol. The summed E-state index contributed by atoms with van der Waals surface area (Å²) in [7, 11) is 0. The first-order valence-corrected chi connectivity index (χ1v) is 9.59. The Hall–Kier alpha value is -2.51. The van der Waals surface area contributed by atoms with Crippen molar-refractivity contribution in [3.05, 3.63) is 51.7 Å². The number of carbonyl (C=O) groups is 1. The van der Waals surface area contributed by atoms with Crippen LogP contribution in [0, 0.1) is 5.92 Å². The van der Waals surface area contributed by atoms with Gasteiger partial charge in [0.05, 0.1) is 0 Å². The molecule has 1 unspecified atom stereocenters.